The van der Waals surface area contributed by atoms with Crippen molar-refractivity contribution < 1.29 is 4.79 Å². The molecule has 3 nitrogen and oxygen atoms in total. The number of anilines is 1. The number of amides is 1. The molecular weight excluding hydrogens is 232 g/mol. The summed E-state index contributed by atoms with van der Waals surface area (Å²) in [5.74, 6) is -0.0687. The average Bonchev–Trinajstić information content (AvgIpc) is 2.18. The van der Waals surface area contributed by atoms with E-state index < -0.39 is 0 Å². The second-order valence-electron chi connectivity index (χ2n) is 3.45. The third-order valence-corrected chi connectivity index (χ3v) is 3.79. The molecule has 1 amide bonds. The van der Waals surface area contributed by atoms with Crippen molar-refractivity contribution in [2.75, 3.05) is 11.9 Å². The molecule has 1 aliphatic rings. The maximum absolute atomic E-state index is 11.6. The van der Waals surface area contributed by atoms with Crippen LogP contribution < -0.4 is 11.1 Å². The van der Waals surface area contributed by atoms with Gasteiger partial charge in [0.15, 0.2) is 0 Å². The van der Waals surface area contributed by atoms with Crippen molar-refractivity contribution >= 4 is 35.0 Å². The van der Waals surface area contributed by atoms with Gasteiger partial charge in [-0.1, -0.05) is 11.6 Å². The average molecular weight is 243 g/mol. The van der Waals surface area contributed by atoms with E-state index in [0.717, 1.165) is 10.5 Å². The predicted molar refractivity (Wildman–Crippen MR) is 63.5 cm³/mol. The van der Waals surface area contributed by atoms with Gasteiger partial charge < -0.3 is 11.1 Å². The number of hydrogen-bond acceptors (Lipinski definition) is 3. The zero-order valence-electron chi connectivity index (χ0n) is 8.21. The molecule has 1 unspecified atom stereocenters. The minimum atomic E-state index is -0.213. The zero-order valence-corrected chi connectivity index (χ0v) is 9.78. The number of benzene rings is 1. The van der Waals surface area contributed by atoms with E-state index in [1.54, 1.807) is 0 Å². The first-order chi connectivity index (χ1) is 7.11. The fourth-order valence-corrected chi connectivity index (χ4v) is 2.97. The molecule has 1 heterocycles. The summed E-state index contributed by atoms with van der Waals surface area (Å²) in [5, 5.41) is 3.16. The van der Waals surface area contributed by atoms with Crippen LogP contribution in [0.5, 0.6) is 0 Å². The van der Waals surface area contributed by atoms with Gasteiger partial charge in [0.2, 0.25) is 5.91 Å². The highest BCUT2D eigenvalue weighted by Gasteiger charge is 2.27. The summed E-state index contributed by atoms with van der Waals surface area (Å²) in [6, 6.07) is 3.85. The quantitative estimate of drug-likeness (QED) is 0.792. The Hall–Kier alpha value is -0.710. The van der Waals surface area contributed by atoms with E-state index in [-0.39, 0.29) is 11.2 Å². The van der Waals surface area contributed by atoms with Gasteiger partial charge in [-0.3, -0.25) is 4.79 Å². The third kappa shape index (κ3) is 1.97. The molecular formula is C10H11ClN2OS. The molecule has 0 saturated carbocycles. The summed E-state index contributed by atoms with van der Waals surface area (Å²) in [6.45, 7) is 2.31. The summed E-state index contributed by atoms with van der Waals surface area (Å²) in [5.41, 5.74) is 7.30. The van der Waals surface area contributed by atoms with Gasteiger partial charge in [-0.15, -0.1) is 11.8 Å². The lowest BCUT2D eigenvalue weighted by Gasteiger charge is -2.24. The largest absolute Gasteiger partial charge is 0.329 e. The normalized spacial score (nSPS) is 19.7. The van der Waals surface area contributed by atoms with Gasteiger partial charge in [-0.05, 0) is 24.6 Å². The third-order valence-electron chi connectivity index (χ3n) is 2.22. The van der Waals surface area contributed by atoms with Crippen molar-refractivity contribution in [3.05, 3.63) is 22.7 Å². The number of fused-ring (bicyclic) bond motifs is 1. The van der Waals surface area contributed by atoms with Gasteiger partial charge >= 0.3 is 0 Å². The van der Waals surface area contributed by atoms with Crippen molar-refractivity contribution in [1.29, 1.82) is 0 Å². The molecule has 0 spiro atoms. The number of thioether (sulfide) groups is 1. The van der Waals surface area contributed by atoms with E-state index in [2.05, 4.69) is 5.32 Å². The molecule has 1 aromatic carbocycles. The standard InChI is InChI=1S/C10H11ClN2OS/c1-5-2-6(11)9-7(3-5)15-8(4-12)10(14)13-9/h2-3,8H,4,12H2,1H3,(H,13,14). The first kappa shape index (κ1) is 10.8. The molecule has 1 aromatic rings. The van der Waals surface area contributed by atoms with Crippen molar-refractivity contribution in [2.45, 2.75) is 17.1 Å². The lowest BCUT2D eigenvalue weighted by atomic mass is 10.2. The highest BCUT2D eigenvalue weighted by atomic mass is 35.5. The number of aryl methyl sites for hydroxylation is 1. The topological polar surface area (TPSA) is 55.1 Å². The van der Waals surface area contributed by atoms with Crippen molar-refractivity contribution in [2.24, 2.45) is 5.73 Å². The molecule has 5 heteroatoms. The van der Waals surface area contributed by atoms with Crippen molar-refractivity contribution in [1.82, 2.24) is 0 Å². The summed E-state index contributed by atoms with van der Waals surface area (Å²) >= 11 is 7.52. The van der Waals surface area contributed by atoms with E-state index >= 15 is 0 Å². The number of carbonyl (C=O) groups excluding carboxylic acids is 1. The van der Waals surface area contributed by atoms with Crippen LogP contribution >= 0.6 is 23.4 Å². The van der Waals surface area contributed by atoms with Gasteiger partial charge in [-0.25, -0.2) is 0 Å². The molecule has 0 aliphatic carbocycles. The maximum atomic E-state index is 11.6. The lowest BCUT2D eigenvalue weighted by Crippen LogP contribution is -2.34. The molecule has 0 radical (unpaired) electrons. The number of carbonyl (C=O) groups is 1. The minimum absolute atomic E-state index is 0.0687. The van der Waals surface area contributed by atoms with Crippen LogP contribution in [0.1, 0.15) is 5.56 Å². The Morgan fingerprint density at radius 2 is 2.33 bits per heavy atom. The molecule has 0 aromatic heterocycles. The first-order valence-corrected chi connectivity index (χ1v) is 5.85. The monoisotopic (exact) mass is 242 g/mol. The Bertz CT molecular complexity index is 422. The fraction of sp³-hybridized carbons (Fsp3) is 0.300. The second kappa shape index (κ2) is 4.04. The van der Waals surface area contributed by atoms with Crippen LogP contribution in [0.25, 0.3) is 0 Å². The van der Waals surface area contributed by atoms with Crippen LogP contribution in [0.3, 0.4) is 0 Å². The van der Waals surface area contributed by atoms with Gasteiger partial charge in [0.1, 0.15) is 5.25 Å². The van der Waals surface area contributed by atoms with Crippen LogP contribution in [0.2, 0.25) is 5.02 Å². The van der Waals surface area contributed by atoms with E-state index in [0.29, 0.717) is 17.3 Å². The number of nitrogens with two attached hydrogens (primary N) is 1. The lowest BCUT2D eigenvalue weighted by molar-refractivity contribution is -0.115. The smallest absolute Gasteiger partial charge is 0.239 e. The molecule has 3 N–H and O–H groups in total. The van der Waals surface area contributed by atoms with E-state index in [1.165, 1.54) is 11.8 Å². The minimum Gasteiger partial charge on any atom is -0.329 e. The van der Waals surface area contributed by atoms with Crippen LogP contribution in [0.15, 0.2) is 17.0 Å². The molecule has 15 heavy (non-hydrogen) atoms. The van der Waals surface area contributed by atoms with Gasteiger partial charge in [0.05, 0.1) is 10.7 Å². The summed E-state index contributed by atoms with van der Waals surface area (Å²) < 4.78 is 0. The summed E-state index contributed by atoms with van der Waals surface area (Å²) in [7, 11) is 0. The number of halogens is 1. The molecule has 0 fully saturated rings. The number of rotatable bonds is 1. The molecule has 1 aliphatic heterocycles. The number of nitrogens with one attached hydrogen (secondary N) is 1. The molecule has 80 valence electrons. The van der Waals surface area contributed by atoms with E-state index in [9.17, 15) is 4.79 Å². The molecule has 0 bridgehead atoms. The summed E-state index contributed by atoms with van der Waals surface area (Å²) in [4.78, 5) is 12.6. The zero-order chi connectivity index (χ0) is 11.0. The van der Waals surface area contributed by atoms with Crippen molar-refractivity contribution in [3.63, 3.8) is 0 Å². The summed E-state index contributed by atoms with van der Waals surface area (Å²) in [6.07, 6.45) is 0. The van der Waals surface area contributed by atoms with Crippen molar-refractivity contribution in [3.8, 4) is 0 Å². The Morgan fingerprint density at radius 3 is 3.00 bits per heavy atom. The van der Waals surface area contributed by atoms with Crippen LogP contribution in [-0.4, -0.2) is 17.7 Å². The highest BCUT2D eigenvalue weighted by Crippen LogP contribution is 2.40. The Labute approximate surface area is 97.4 Å². The van der Waals surface area contributed by atoms with E-state index in [4.69, 9.17) is 17.3 Å². The molecule has 2 rings (SSSR count). The molecule has 0 saturated heterocycles. The molecule has 1 atom stereocenters. The van der Waals surface area contributed by atoms with Gasteiger partial charge in [0.25, 0.3) is 0 Å². The van der Waals surface area contributed by atoms with Crippen LogP contribution in [0.4, 0.5) is 5.69 Å². The highest BCUT2D eigenvalue weighted by molar-refractivity contribution is 8.01. The Kier molecular flexibility index (Phi) is 2.91. The Balaban J connectivity index is 2.45. The first-order valence-electron chi connectivity index (χ1n) is 4.59. The Morgan fingerprint density at radius 1 is 1.60 bits per heavy atom. The SMILES string of the molecule is Cc1cc(Cl)c2c(c1)SC(CN)C(=O)N2. The van der Waals surface area contributed by atoms with E-state index in [1.807, 2.05) is 19.1 Å². The fourth-order valence-electron chi connectivity index (χ4n) is 1.49. The van der Waals surface area contributed by atoms with Gasteiger partial charge in [-0.2, -0.15) is 0 Å². The maximum Gasteiger partial charge on any atom is 0.239 e. The van der Waals surface area contributed by atoms with Gasteiger partial charge in [0, 0.05) is 11.4 Å². The predicted octanol–water partition coefficient (Wildman–Crippen LogP) is 2.02. The second-order valence-corrected chi connectivity index (χ2v) is 5.10. The van der Waals surface area contributed by atoms with Crippen LogP contribution in [0, 0.1) is 6.92 Å². The number of hydrogen-bond donors (Lipinski definition) is 2. The van der Waals surface area contributed by atoms with Crippen LogP contribution in [-0.2, 0) is 4.79 Å².